The van der Waals surface area contributed by atoms with Gasteiger partial charge in [-0.25, -0.2) is 0 Å². The first kappa shape index (κ1) is 28.0. The normalized spacial score (nSPS) is 10.4. The molecule has 0 radical (unpaired) electrons. The van der Waals surface area contributed by atoms with Gasteiger partial charge >= 0.3 is 51.4 Å². The Kier molecular flexibility index (Phi) is 26.5. The Morgan fingerprint density at radius 3 is 1.25 bits per heavy atom. The van der Waals surface area contributed by atoms with E-state index in [0.717, 1.165) is 6.54 Å². The summed E-state index contributed by atoms with van der Waals surface area (Å²) in [5.41, 5.74) is 0. The molecule has 0 rings (SSSR count). The minimum atomic E-state index is 0. The topological polar surface area (TPSA) is 3.24 Å². The van der Waals surface area contributed by atoms with E-state index in [9.17, 15) is 0 Å². The number of unbranched alkanes of at least 4 members (excludes halogenated alkanes) is 15. The Labute approximate surface area is 206 Å². The summed E-state index contributed by atoms with van der Waals surface area (Å²) in [4.78, 5) is 2.01. The molecule has 0 amide bonds. The van der Waals surface area contributed by atoms with E-state index in [1.54, 1.807) is 0 Å². The molecule has 0 unspecified atom stereocenters. The summed E-state index contributed by atoms with van der Waals surface area (Å²) in [6, 6.07) is 0. The van der Waals surface area contributed by atoms with Gasteiger partial charge in [0.15, 0.2) is 0 Å². The summed E-state index contributed by atoms with van der Waals surface area (Å²) >= 11 is 9.94. The molecular formula is C20H40KNS2. The monoisotopic (exact) mass is 397 g/mol. The van der Waals surface area contributed by atoms with E-state index in [-0.39, 0.29) is 51.4 Å². The van der Waals surface area contributed by atoms with Crippen LogP contribution in [0.5, 0.6) is 0 Å². The Morgan fingerprint density at radius 1 is 0.667 bits per heavy atom. The number of rotatable bonds is 17. The third-order valence-electron chi connectivity index (χ3n) is 4.66. The number of hydrogen-bond donors (Lipinski definition) is 0. The van der Waals surface area contributed by atoms with Crippen LogP contribution < -0.4 is 51.4 Å². The van der Waals surface area contributed by atoms with Crippen LogP contribution in [0.3, 0.4) is 0 Å². The zero-order chi connectivity index (χ0) is 17.2. The number of nitrogens with zero attached hydrogens (tertiary/aromatic N) is 1. The van der Waals surface area contributed by atoms with E-state index in [2.05, 4.69) is 6.92 Å². The van der Waals surface area contributed by atoms with E-state index in [1.165, 1.54) is 103 Å². The van der Waals surface area contributed by atoms with Gasteiger partial charge in [0.05, 0.1) is 0 Å². The van der Waals surface area contributed by atoms with Gasteiger partial charge in [0.25, 0.3) is 0 Å². The first-order valence-electron chi connectivity index (χ1n) is 10.1. The Hall–Kier alpha value is 1.75. The van der Waals surface area contributed by atoms with Gasteiger partial charge in [-0.3, -0.25) is 0 Å². The predicted molar refractivity (Wildman–Crippen MR) is 112 cm³/mol. The van der Waals surface area contributed by atoms with Crippen LogP contribution in [0.1, 0.15) is 110 Å². The number of hydrogen-bond acceptors (Lipinski definition) is 2. The average Bonchev–Trinajstić information content (AvgIpc) is 2.54. The molecule has 0 saturated heterocycles. The second kappa shape index (κ2) is 22.8. The van der Waals surface area contributed by atoms with Gasteiger partial charge in [0.1, 0.15) is 0 Å². The van der Waals surface area contributed by atoms with Crippen molar-refractivity contribution in [1.29, 1.82) is 0 Å². The first-order chi connectivity index (χ1) is 11.2. The molecule has 0 heterocycles. The van der Waals surface area contributed by atoms with Gasteiger partial charge in [0, 0.05) is 13.6 Å². The molecule has 0 aliphatic carbocycles. The predicted octanol–water partition coefficient (Wildman–Crippen LogP) is 4.02. The summed E-state index contributed by atoms with van der Waals surface area (Å²) in [5.74, 6) is 0. The second-order valence-corrected chi connectivity index (χ2v) is 8.02. The molecule has 0 atom stereocenters. The fraction of sp³-hybridized carbons (Fsp3) is 0.950. The van der Waals surface area contributed by atoms with E-state index in [0.29, 0.717) is 4.32 Å². The van der Waals surface area contributed by atoms with Crippen LogP contribution >= 0.6 is 12.2 Å². The molecule has 0 fully saturated rings. The van der Waals surface area contributed by atoms with Gasteiger partial charge in [0.2, 0.25) is 0 Å². The van der Waals surface area contributed by atoms with Gasteiger partial charge in [-0.15, -0.1) is 0 Å². The zero-order valence-corrected chi connectivity index (χ0v) is 21.5. The molecule has 0 aromatic carbocycles. The molecule has 4 heteroatoms. The fourth-order valence-corrected chi connectivity index (χ4v) is 3.17. The van der Waals surface area contributed by atoms with Crippen molar-refractivity contribution in [2.45, 2.75) is 110 Å². The largest absolute Gasteiger partial charge is 1.00 e. The average molecular weight is 398 g/mol. The van der Waals surface area contributed by atoms with Gasteiger partial charge in [-0.05, 0) is 6.42 Å². The minimum Gasteiger partial charge on any atom is -0.411 e. The third kappa shape index (κ3) is 21.8. The van der Waals surface area contributed by atoms with Gasteiger partial charge in [-0.1, -0.05) is 108 Å². The van der Waals surface area contributed by atoms with Gasteiger partial charge in [-0.2, -0.15) is 0 Å². The van der Waals surface area contributed by atoms with Crippen LogP contribution in [0.15, 0.2) is 0 Å². The standard InChI is InChI=1S/C20H41NS2.K/c1-3-4-5-6-7-8-9-10-11-12-13-14-15-16-17-18-19-21(2)20(22)23;/h3-19H2,1-2H3,(H,22,23);/q;+1/p-1. The summed E-state index contributed by atoms with van der Waals surface area (Å²) in [7, 11) is 2.00. The maximum Gasteiger partial charge on any atom is 1.00 e. The first-order valence-corrected chi connectivity index (χ1v) is 10.9. The van der Waals surface area contributed by atoms with E-state index in [4.69, 9.17) is 24.8 Å². The quantitative estimate of drug-likeness (QED) is 0.158. The summed E-state index contributed by atoms with van der Waals surface area (Å²) in [6.07, 6.45) is 22.6. The molecular weight excluding hydrogens is 357 g/mol. The zero-order valence-electron chi connectivity index (χ0n) is 16.8. The van der Waals surface area contributed by atoms with Crippen molar-refractivity contribution in [3.05, 3.63) is 0 Å². The Morgan fingerprint density at radius 2 is 0.958 bits per heavy atom. The van der Waals surface area contributed by atoms with Crippen molar-refractivity contribution >= 4 is 29.2 Å². The molecule has 1 nitrogen and oxygen atoms in total. The summed E-state index contributed by atoms with van der Waals surface area (Å²) in [5, 5.41) is 0. The summed E-state index contributed by atoms with van der Waals surface area (Å²) < 4.78 is 0.603. The molecule has 0 bridgehead atoms. The molecule has 138 valence electrons. The van der Waals surface area contributed by atoms with Crippen molar-refractivity contribution < 1.29 is 51.4 Å². The summed E-state index contributed by atoms with van der Waals surface area (Å²) in [6.45, 7) is 3.32. The molecule has 0 spiro atoms. The molecule has 0 N–H and O–H groups in total. The van der Waals surface area contributed by atoms with E-state index >= 15 is 0 Å². The molecule has 0 aliphatic rings. The van der Waals surface area contributed by atoms with Crippen molar-refractivity contribution in [3.63, 3.8) is 0 Å². The fourth-order valence-electron chi connectivity index (χ4n) is 2.99. The van der Waals surface area contributed by atoms with Crippen molar-refractivity contribution in [3.8, 4) is 0 Å². The van der Waals surface area contributed by atoms with Crippen LogP contribution in [0, 0.1) is 0 Å². The van der Waals surface area contributed by atoms with E-state index in [1.807, 2.05) is 11.9 Å². The SMILES string of the molecule is CCCCCCCCCCCCCCCCCCN(C)C(=S)[S-].[K+]. The maximum absolute atomic E-state index is 4.97. The molecule has 0 aromatic rings. The minimum absolute atomic E-state index is 0. The van der Waals surface area contributed by atoms with Crippen LogP contribution in [0.25, 0.3) is 0 Å². The smallest absolute Gasteiger partial charge is 0.411 e. The Bertz CT molecular complexity index is 262. The van der Waals surface area contributed by atoms with Crippen LogP contribution in [0.4, 0.5) is 0 Å². The second-order valence-electron chi connectivity index (χ2n) is 6.99. The molecule has 0 aliphatic heterocycles. The van der Waals surface area contributed by atoms with Crippen molar-refractivity contribution in [2.75, 3.05) is 13.6 Å². The van der Waals surface area contributed by atoms with Crippen LogP contribution in [-0.4, -0.2) is 22.8 Å². The Balaban J connectivity index is 0. The van der Waals surface area contributed by atoms with Crippen LogP contribution in [-0.2, 0) is 12.6 Å². The van der Waals surface area contributed by atoms with Crippen LogP contribution in [0.2, 0.25) is 0 Å². The van der Waals surface area contributed by atoms with Gasteiger partial charge < -0.3 is 29.7 Å². The van der Waals surface area contributed by atoms with Crippen molar-refractivity contribution in [1.82, 2.24) is 4.90 Å². The molecule has 24 heavy (non-hydrogen) atoms. The number of thiocarbonyl (C=S) groups is 1. The van der Waals surface area contributed by atoms with E-state index < -0.39 is 0 Å². The maximum atomic E-state index is 4.97. The molecule has 0 aromatic heterocycles. The van der Waals surface area contributed by atoms with Crippen molar-refractivity contribution in [2.24, 2.45) is 0 Å². The third-order valence-corrected chi connectivity index (χ3v) is 5.28. The molecule has 0 saturated carbocycles.